The van der Waals surface area contributed by atoms with Gasteiger partial charge in [0.25, 0.3) is 0 Å². The number of fused-ring (bicyclic) bond motifs is 1. The summed E-state index contributed by atoms with van der Waals surface area (Å²) in [5.74, 6) is 0.907. The summed E-state index contributed by atoms with van der Waals surface area (Å²) in [5, 5.41) is 2.29. The molecular formula is C16H21NO2. The topological polar surface area (TPSA) is 44.5 Å². The van der Waals surface area contributed by atoms with Crippen molar-refractivity contribution in [3.05, 3.63) is 42.0 Å². The first-order valence-electron chi connectivity index (χ1n) is 6.63. The van der Waals surface area contributed by atoms with Gasteiger partial charge in [-0.3, -0.25) is 0 Å². The van der Waals surface area contributed by atoms with Crippen LogP contribution in [0.3, 0.4) is 0 Å². The first-order chi connectivity index (χ1) is 9.24. The van der Waals surface area contributed by atoms with Gasteiger partial charge < -0.3 is 15.2 Å². The minimum absolute atomic E-state index is 0.0398. The molecule has 3 nitrogen and oxygen atoms in total. The van der Waals surface area contributed by atoms with Crippen LogP contribution in [0.4, 0.5) is 0 Å². The Morgan fingerprint density at radius 3 is 2.63 bits per heavy atom. The number of rotatable bonds is 6. The van der Waals surface area contributed by atoms with Crippen molar-refractivity contribution in [3.63, 3.8) is 0 Å². The van der Waals surface area contributed by atoms with Crippen molar-refractivity contribution in [1.82, 2.24) is 0 Å². The van der Waals surface area contributed by atoms with E-state index in [1.54, 1.807) is 7.11 Å². The Morgan fingerprint density at radius 1 is 1.11 bits per heavy atom. The number of hydrogen-bond acceptors (Lipinski definition) is 3. The Kier molecular flexibility index (Phi) is 4.77. The molecule has 1 atom stereocenters. The fourth-order valence-electron chi connectivity index (χ4n) is 2.16. The maximum absolute atomic E-state index is 6.03. The van der Waals surface area contributed by atoms with Crippen molar-refractivity contribution in [2.45, 2.75) is 19.4 Å². The molecule has 0 heterocycles. The molecule has 0 bridgehead atoms. The van der Waals surface area contributed by atoms with Gasteiger partial charge in [0.2, 0.25) is 0 Å². The monoisotopic (exact) mass is 259 g/mol. The van der Waals surface area contributed by atoms with Crippen LogP contribution in [0.15, 0.2) is 36.4 Å². The second-order valence-corrected chi connectivity index (χ2v) is 4.69. The summed E-state index contributed by atoms with van der Waals surface area (Å²) in [5.41, 5.74) is 7.08. The van der Waals surface area contributed by atoms with Crippen molar-refractivity contribution in [2.24, 2.45) is 5.73 Å². The van der Waals surface area contributed by atoms with Crippen molar-refractivity contribution in [3.8, 4) is 5.75 Å². The molecule has 0 aliphatic carbocycles. The summed E-state index contributed by atoms with van der Waals surface area (Å²) >= 11 is 0. The predicted octanol–water partition coefficient (Wildman–Crippen LogP) is 3.27. The van der Waals surface area contributed by atoms with Gasteiger partial charge in [-0.05, 0) is 12.3 Å². The van der Waals surface area contributed by atoms with E-state index in [-0.39, 0.29) is 6.04 Å². The highest BCUT2D eigenvalue weighted by atomic mass is 16.5. The summed E-state index contributed by atoms with van der Waals surface area (Å²) in [6.07, 6.45) is 0.873. The van der Waals surface area contributed by atoms with E-state index < -0.39 is 0 Å². The quantitative estimate of drug-likeness (QED) is 0.810. The van der Waals surface area contributed by atoms with Crippen LogP contribution in [0.1, 0.15) is 24.9 Å². The fraction of sp³-hybridized carbons (Fsp3) is 0.375. The molecule has 0 radical (unpaired) electrons. The molecule has 0 aliphatic rings. The second kappa shape index (κ2) is 6.55. The van der Waals surface area contributed by atoms with Crippen LogP contribution in [0, 0.1) is 0 Å². The molecule has 0 saturated heterocycles. The summed E-state index contributed by atoms with van der Waals surface area (Å²) in [7, 11) is 1.70. The smallest absolute Gasteiger partial charge is 0.131 e. The Hall–Kier alpha value is -1.58. The van der Waals surface area contributed by atoms with Crippen LogP contribution in [0.25, 0.3) is 10.8 Å². The van der Waals surface area contributed by atoms with Crippen LogP contribution in [0.2, 0.25) is 0 Å². The van der Waals surface area contributed by atoms with E-state index in [1.807, 2.05) is 19.1 Å². The molecule has 0 amide bonds. The van der Waals surface area contributed by atoms with Gasteiger partial charge >= 0.3 is 0 Å². The third-order valence-corrected chi connectivity index (χ3v) is 3.14. The van der Waals surface area contributed by atoms with Crippen LogP contribution in [0.5, 0.6) is 5.75 Å². The molecule has 0 spiro atoms. The minimum atomic E-state index is -0.0398. The number of nitrogens with two attached hydrogens (primary N) is 1. The maximum Gasteiger partial charge on any atom is 0.131 e. The average Bonchev–Trinajstić information content (AvgIpc) is 2.43. The van der Waals surface area contributed by atoms with Gasteiger partial charge in [-0.2, -0.15) is 0 Å². The lowest BCUT2D eigenvalue weighted by atomic mass is 10.0. The summed E-state index contributed by atoms with van der Waals surface area (Å²) < 4.78 is 11.0. The molecule has 0 aliphatic heterocycles. The first kappa shape index (κ1) is 13.8. The number of ether oxygens (including phenoxy) is 2. The van der Waals surface area contributed by atoms with Crippen molar-refractivity contribution in [2.75, 3.05) is 20.3 Å². The van der Waals surface area contributed by atoms with Gasteiger partial charge in [0, 0.05) is 37.1 Å². The number of benzene rings is 2. The zero-order chi connectivity index (χ0) is 13.7. The summed E-state index contributed by atoms with van der Waals surface area (Å²) in [6, 6.07) is 12.3. The number of methoxy groups -OCH3 is 1. The van der Waals surface area contributed by atoms with E-state index in [2.05, 4.69) is 24.3 Å². The normalized spacial score (nSPS) is 12.6. The molecule has 0 unspecified atom stereocenters. The molecular weight excluding hydrogens is 238 g/mol. The molecule has 2 rings (SSSR count). The molecule has 3 heteroatoms. The van der Waals surface area contributed by atoms with E-state index in [0.717, 1.165) is 23.1 Å². The highest BCUT2D eigenvalue weighted by molar-refractivity contribution is 5.89. The van der Waals surface area contributed by atoms with Crippen LogP contribution >= 0.6 is 0 Å². The van der Waals surface area contributed by atoms with Crippen LogP contribution < -0.4 is 10.5 Å². The van der Waals surface area contributed by atoms with E-state index in [4.69, 9.17) is 15.2 Å². The molecule has 19 heavy (non-hydrogen) atoms. The molecule has 2 N–H and O–H groups in total. The highest BCUT2D eigenvalue weighted by Gasteiger charge is 2.11. The molecule has 0 fully saturated rings. The predicted molar refractivity (Wildman–Crippen MR) is 78.5 cm³/mol. The van der Waals surface area contributed by atoms with Gasteiger partial charge in [0.05, 0.1) is 6.61 Å². The zero-order valence-corrected chi connectivity index (χ0v) is 11.6. The van der Waals surface area contributed by atoms with E-state index in [9.17, 15) is 0 Å². The molecule has 2 aromatic carbocycles. The standard InChI is InChI=1S/C16H21NO2/c1-12(17)14-9-8-13-6-3-4-7-15(13)16(14)19-11-5-10-18-2/h3-4,6-9,12H,5,10-11,17H2,1-2H3/t12-/m0/s1. The number of hydrogen-bond donors (Lipinski definition) is 1. The summed E-state index contributed by atoms with van der Waals surface area (Å²) in [6.45, 7) is 3.33. The molecule has 2 aromatic rings. The van der Waals surface area contributed by atoms with Gasteiger partial charge in [0.1, 0.15) is 5.75 Å². The average molecular weight is 259 g/mol. The maximum atomic E-state index is 6.03. The lowest BCUT2D eigenvalue weighted by molar-refractivity contribution is 0.172. The molecule has 0 aromatic heterocycles. The third kappa shape index (κ3) is 3.25. The van der Waals surface area contributed by atoms with Gasteiger partial charge in [-0.25, -0.2) is 0 Å². The zero-order valence-electron chi connectivity index (χ0n) is 11.6. The third-order valence-electron chi connectivity index (χ3n) is 3.14. The molecule has 102 valence electrons. The van der Waals surface area contributed by atoms with Gasteiger partial charge in [-0.1, -0.05) is 36.4 Å². The Labute approximate surface area is 114 Å². The van der Waals surface area contributed by atoms with Crippen LogP contribution in [-0.2, 0) is 4.74 Å². The second-order valence-electron chi connectivity index (χ2n) is 4.69. The first-order valence-corrected chi connectivity index (χ1v) is 6.63. The lowest BCUT2D eigenvalue weighted by Gasteiger charge is -2.16. The van der Waals surface area contributed by atoms with Gasteiger partial charge in [0.15, 0.2) is 0 Å². The minimum Gasteiger partial charge on any atom is -0.493 e. The highest BCUT2D eigenvalue weighted by Crippen LogP contribution is 2.32. The Morgan fingerprint density at radius 2 is 1.89 bits per heavy atom. The Balaban J connectivity index is 2.33. The largest absolute Gasteiger partial charge is 0.493 e. The summed E-state index contributed by atoms with van der Waals surface area (Å²) in [4.78, 5) is 0. The fourth-order valence-corrected chi connectivity index (χ4v) is 2.16. The van der Waals surface area contributed by atoms with Crippen molar-refractivity contribution >= 4 is 10.8 Å². The van der Waals surface area contributed by atoms with E-state index in [0.29, 0.717) is 13.2 Å². The van der Waals surface area contributed by atoms with Crippen molar-refractivity contribution < 1.29 is 9.47 Å². The lowest BCUT2D eigenvalue weighted by Crippen LogP contribution is -2.10. The molecule has 0 saturated carbocycles. The van der Waals surface area contributed by atoms with Crippen LogP contribution in [-0.4, -0.2) is 20.3 Å². The SMILES string of the molecule is COCCCOc1c([C@H](C)N)ccc2ccccc12. The van der Waals surface area contributed by atoms with Crippen molar-refractivity contribution in [1.29, 1.82) is 0 Å². The van der Waals surface area contributed by atoms with Gasteiger partial charge in [-0.15, -0.1) is 0 Å². The van der Waals surface area contributed by atoms with E-state index >= 15 is 0 Å². The Bertz CT molecular complexity index is 537. The van der Waals surface area contributed by atoms with E-state index in [1.165, 1.54) is 5.39 Å².